The number of nitrogens with zero attached hydrogens (tertiary/aromatic N) is 1. The average Bonchev–Trinajstić information content (AvgIpc) is 2.82. The van der Waals surface area contributed by atoms with Crippen molar-refractivity contribution in [2.75, 3.05) is 17.2 Å². The maximum atomic E-state index is 12.7. The smallest absolute Gasteiger partial charge is 0.258 e. The summed E-state index contributed by atoms with van der Waals surface area (Å²) in [5, 5.41) is 0.584. The summed E-state index contributed by atoms with van der Waals surface area (Å²) < 4.78 is 0. The number of hydrogen-bond acceptors (Lipinski definition) is 2. The molecule has 4 heteroatoms. The Balaban J connectivity index is 2.00. The molecular formula is C16H15ClN2O. The van der Waals surface area contributed by atoms with E-state index in [2.05, 4.69) is 0 Å². The van der Waals surface area contributed by atoms with E-state index in [-0.39, 0.29) is 5.91 Å². The Labute approximate surface area is 123 Å². The zero-order valence-corrected chi connectivity index (χ0v) is 11.9. The minimum atomic E-state index is -0.0278. The third kappa shape index (κ3) is 2.14. The van der Waals surface area contributed by atoms with Crippen molar-refractivity contribution in [1.82, 2.24) is 0 Å². The van der Waals surface area contributed by atoms with Crippen LogP contribution in [-0.2, 0) is 6.42 Å². The van der Waals surface area contributed by atoms with Crippen molar-refractivity contribution in [3.63, 3.8) is 0 Å². The number of rotatable bonds is 1. The van der Waals surface area contributed by atoms with E-state index in [0.717, 1.165) is 28.9 Å². The molecule has 2 aromatic rings. The van der Waals surface area contributed by atoms with Crippen LogP contribution in [0.1, 0.15) is 21.5 Å². The average molecular weight is 287 g/mol. The minimum absolute atomic E-state index is 0.0278. The van der Waals surface area contributed by atoms with Crippen LogP contribution >= 0.6 is 11.6 Å². The first-order chi connectivity index (χ1) is 9.56. The van der Waals surface area contributed by atoms with Crippen LogP contribution < -0.4 is 10.6 Å². The van der Waals surface area contributed by atoms with Crippen LogP contribution in [0.15, 0.2) is 36.4 Å². The predicted octanol–water partition coefficient (Wildman–Crippen LogP) is 3.43. The zero-order valence-electron chi connectivity index (χ0n) is 11.2. The number of nitrogen functional groups attached to an aromatic ring is 1. The van der Waals surface area contributed by atoms with E-state index in [9.17, 15) is 4.79 Å². The second-order valence-electron chi connectivity index (χ2n) is 5.07. The maximum absolute atomic E-state index is 12.7. The minimum Gasteiger partial charge on any atom is -0.398 e. The van der Waals surface area contributed by atoms with Crippen molar-refractivity contribution in [3.05, 3.63) is 58.1 Å². The molecular weight excluding hydrogens is 272 g/mol. The van der Waals surface area contributed by atoms with E-state index in [1.165, 1.54) is 0 Å². The molecule has 20 heavy (non-hydrogen) atoms. The monoisotopic (exact) mass is 286 g/mol. The summed E-state index contributed by atoms with van der Waals surface area (Å²) in [5.41, 5.74) is 10.3. The molecule has 102 valence electrons. The molecule has 0 fully saturated rings. The topological polar surface area (TPSA) is 46.3 Å². The molecule has 0 radical (unpaired) electrons. The fraction of sp³-hybridized carbons (Fsp3) is 0.188. The summed E-state index contributed by atoms with van der Waals surface area (Å²) in [6, 6.07) is 11.1. The Bertz CT molecular complexity index is 677. The number of nitrogens with two attached hydrogens (primary N) is 1. The molecule has 0 atom stereocenters. The molecule has 0 saturated carbocycles. The van der Waals surface area contributed by atoms with Gasteiger partial charge in [0.05, 0.1) is 0 Å². The largest absolute Gasteiger partial charge is 0.398 e. The highest BCUT2D eigenvalue weighted by Gasteiger charge is 2.26. The van der Waals surface area contributed by atoms with Gasteiger partial charge in [0.2, 0.25) is 0 Å². The van der Waals surface area contributed by atoms with Crippen LogP contribution in [0.5, 0.6) is 0 Å². The molecule has 3 rings (SSSR count). The van der Waals surface area contributed by atoms with Gasteiger partial charge >= 0.3 is 0 Å². The van der Waals surface area contributed by atoms with E-state index in [0.29, 0.717) is 17.1 Å². The molecule has 0 aromatic heterocycles. The molecule has 0 spiro atoms. The molecule has 0 bridgehead atoms. The third-order valence-electron chi connectivity index (χ3n) is 3.60. The SMILES string of the molecule is Cc1cc(Cl)cc(C(=O)N2CCc3c(N)cccc32)c1. The molecule has 1 aliphatic rings. The number of carbonyl (C=O) groups is 1. The first-order valence-corrected chi connectivity index (χ1v) is 6.90. The van der Waals surface area contributed by atoms with Crippen molar-refractivity contribution in [2.24, 2.45) is 0 Å². The summed E-state index contributed by atoms with van der Waals surface area (Å²) in [7, 11) is 0. The van der Waals surface area contributed by atoms with Gasteiger partial charge < -0.3 is 10.6 Å². The van der Waals surface area contributed by atoms with Gasteiger partial charge in [0.25, 0.3) is 5.91 Å². The summed E-state index contributed by atoms with van der Waals surface area (Å²) in [6.45, 7) is 2.59. The summed E-state index contributed by atoms with van der Waals surface area (Å²) >= 11 is 6.04. The highest BCUT2D eigenvalue weighted by molar-refractivity contribution is 6.31. The zero-order chi connectivity index (χ0) is 14.3. The number of amides is 1. The Kier molecular flexibility index (Phi) is 3.14. The summed E-state index contributed by atoms with van der Waals surface area (Å²) in [6.07, 6.45) is 0.799. The van der Waals surface area contributed by atoms with E-state index in [4.69, 9.17) is 17.3 Å². The maximum Gasteiger partial charge on any atom is 0.258 e. The van der Waals surface area contributed by atoms with E-state index in [1.807, 2.05) is 37.3 Å². The van der Waals surface area contributed by atoms with Crippen molar-refractivity contribution >= 4 is 28.9 Å². The lowest BCUT2D eigenvalue weighted by Crippen LogP contribution is -2.28. The lowest BCUT2D eigenvalue weighted by atomic mass is 10.1. The van der Waals surface area contributed by atoms with Gasteiger partial charge in [-0.05, 0) is 49.2 Å². The molecule has 1 heterocycles. The number of hydrogen-bond donors (Lipinski definition) is 1. The van der Waals surface area contributed by atoms with Crippen molar-refractivity contribution in [1.29, 1.82) is 0 Å². The number of fused-ring (bicyclic) bond motifs is 1. The Morgan fingerprint density at radius 1 is 1.30 bits per heavy atom. The fourth-order valence-corrected chi connectivity index (χ4v) is 2.98. The van der Waals surface area contributed by atoms with Crippen molar-refractivity contribution < 1.29 is 4.79 Å². The first kappa shape index (κ1) is 13.0. The Morgan fingerprint density at radius 3 is 2.85 bits per heavy atom. The van der Waals surface area contributed by atoms with E-state index in [1.54, 1.807) is 11.0 Å². The highest BCUT2D eigenvalue weighted by atomic mass is 35.5. The predicted molar refractivity (Wildman–Crippen MR) is 82.4 cm³/mol. The normalized spacial score (nSPS) is 13.4. The standard InChI is InChI=1S/C16H15ClN2O/c1-10-7-11(9-12(17)8-10)16(20)19-6-5-13-14(18)3-2-4-15(13)19/h2-4,7-9H,5-6,18H2,1H3. The van der Waals surface area contributed by atoms with E-state index < -0.39 is 0 Å². The van der Waals surface area contributed by atoms with Gasteiger partial charge in [-0.15, -0.1) is 0 Å². The third-order valence-corrected chi connectivity index (χ3v) is 3.82. The van der Waals surface area contributed by atoms with Gasteiger partial charge in [-0.3, -0.25) is 4.79 Å². The second kappa shape index (κ2) is 4.84. The van der Waals surface area contributed by atoms with E-state index >= 15 is 0 Å². The fourth-order valence-electron chi connectivity index (χ4n) is 2.69. The van der Waals surface area contributed by atoms with Crippen LogP contribution in [0.3, 0.4) is 0 Å². The van der Waals surface area contributed by atoms with Gasteiger partial charge in [-0.2, -0.15) is 0 Å². The molecule has 1 amide bonds. The second-order valence-corrected chi connectivity index (χ2v) is 5.51. The van der Waals surface area contributed by atoms with Gasteiger partial charge in [-0.25, -0.2) is 0 Å². The number of aryl methyl sites for hydroxylation is 1. The lowest BCUT2D eigenvalue weighted by molar-refractivity contribution is 0.0989. The Hall–Kier alpha value is -2.00. The van der Waals surface area contributed by atoms with Gasteiger partial charge in [0, 0.05) is 34.1 Å². The van der Waals surface area contributed by atoms with Gasteiger partial charge in [0.15, 0.2) is 0 Å². The number of benzene rings is 2. The van der Waals surface area contributed by atoms with Crippen molar-refractivity contribution in [2.45, 2.75) is 13.3 Å². The number of carbonyl (C=O) groups excluding carboxylic acids is 1. The van der Waals surface area contributed by atoms with Crippen molar-refractivity contribution in [3.8, 4) is 0 Å². The van der Waals surface area contributed by atoms with Crippen LogP contribution in [0.2, 0.25) is 5.02 Å². The number of anilines is 2. The molecule has 0 saturated heterocycles. The van der Waals surface area contributed by atoms with Gasteiger partial charge in [-0.1, -0.05) is 17.7 Å². The molecule has 2 aromatic carbocycles. The van der Waals surface area contributed by atoms with Crippen LogP contribution in [0, 0.1) is 6.92 Å². The molecule has 0 unspecified atom stereocenters. The quantitative estimate of drug-likeness (QED) is 0.816. The number of halogens is 1. The molecule has 3 nitrogen and oxygen atoms in total. The van der Waals surface area contributed by atoms with Crippen LogP contribution in [0.4, 0.5) is 11.4 Å². The molecule has 1 aliphatic heterocycles. The lowest BCUT2D eigenvalue weighted by Gasteiger charge is -2.18. The summed E-state index contributed by atoms with van der Waals surface area (Å²) in [5.74, 6) is -0.0278. The molecule has 0 aliphatic carbocycles. The van der Waals surface area contributed by atoms with Crippen LogP contribution in [-0.4, -0.2) is 12.5 Å². The Morgan fingerprint density at radius 2 is 2.10 bits per heavy atom. The highest BCUT2D eigenvalue weighted by Crippen LogP contribution is 2.33. The first-order valence-electron chi connectivity index (χ1n) is 6.52. The van der Waals surface area contributed by atoms with Crippen LogP contribution in [0.25, 0.3) is 0 Å². The molecule has 2 N–H and O–H groups in total. The van der Waals surface area contributed by atoms with Gasteiger partial charge in [0.1, 0.15) is 0 Å². The summed E-state index contributed by atoms with van der Waals surface area (Å²) in [4.78, 5) is 14.4.